The number of aliphatic hydroxyl groups is 2. The molecule has 0 spiro atoms. The van der Waals surface area contributed by atoms with Gasteiger partial charge in [0.2, 0.25) is 0 Å². The molecule has 2 fully saturated rings. The van der Waals surface area contributed by atoms with E-state index in [1.54, 1.807) is 6.92 Å². The smallest absolute Gasteiger partial charge is 0.312 e. The van der Waals surface area contributed by atoms with Gasteiger partial charge in [0.1, 0.15) is 12.8 Å². The number of benzene rings is 2. The minimum Gasteiger partial charge on any atom is -0.461 e. The highest BCUT2D eigenvalue weighted by atomic mass is 16.5. The molecule has 28 heavy (non-hydrogen) atoms. The van der Waals surface area contributed by atoms with Crippen molar-refractivity contribution in [1.29, 1.82) is 0 Å². The highest BCUT2D eigenvalue weighted by molar-refractivity contribution is 5.76. The van der Waals surface area contributed by atoms with Gasteiger partial charge in [-0.25, -0.2) is 5.43 Å². The molecule has 1 aliphatic carbocycles. The Kier molecular flexibility index (Phi) is 5.21. The van der Waals surface area contributed by atoms with E-state index in [0.717, 1.165) is 11.1 Å². The summed E-state index contributed by atoms with van der Waals surface area (Å²) in [5.74, 6) is -1.86. The van der Waals surface area contributed by atoms with Crippen LogP contribution in [0.1, 0.15) is 30.4 Å². The Bertz CT molecular complexity index is 812. The minimum atomic E-state index is -1.27. The van der Waals surface area contributed by atoms with Crippen LogP contribution < -0.4 is 10.9 Å². The average Bonchev–Trinajstić information content (AvgIpc) is 3.05. The Balaban J connectivity index is 1.65. The molecule has 0 bridgehead atoms. The molecule has 4 N–H and O–H groups in total. The van der Waals surface area contributed by atoms with Gasteiger partial charge in [0.15, 0.2) is 0 Å². The van der Waals surface area contributed by atoms with E-state index in [1.165, 1.54) is 0 Å². The number of hydrazine groups is 1. The first kappa shape index (κ1) is 19.1. The first-order valence-electron chi connectivity index (χ1n) is 9.64. The largest absolute Gasteiger partial charge is 0.461 e. The highest BCUT2D eigenvalue weighted by Crippen LogP contribution is 2.49. The van der Waals surface area contributed by atoms with Crippen LogP contribution in [0.25, 0.3) is 0 Å². The topological polar surface area (TPSA) is 90.8 Å². The molecule has 0 radical (unpaired) electrons. The lowest BCUT2D eigenvalue weighted by Gasteiger charge is -2.47. The number of nitrogens with one attached hydrogen (secondary N) is 2. The van der Waals surface area contributed by atoms with Gasteiger partial charge in [-0.2, -0.15) is 0 Å². The van der Waals surface area contributed by atoms with Crippen molar-refractivity contribution in [2.24, 2.45) is 11.8 Å². The summed E-state index contributed by atoms with van der Waals surface area (Å²) >= 11 is 0. The number of hydrogen-bond donors (Lipinski definition) is 4. The van der Waals surface area contributed by atoms with Crippen LogP contribution in [0.2, 0.25) is 0 Å². The third-order valence-electron chi connectivity index (χ3n) is 5.99. The third kappa shape index (κ3) is 3.56. The second-order valence-electron chi connectivity index (χ2n) is 7.99. The Morgan fingerprint density at radius 1 is 1.11 bits per heavy atom. The predicted octanol–water partition coefficient (Wildman–Crippen LogP) is 1.70. The van der Waals surface area contributed by atoms with Gasteiger partial charge in [0.25, 0.3) is 0 Å². The molecule has 1 saturated heterocycles. The van der Waals surface area contributed by atoms with Crippen molar-refractivity contribution in [3.05, 3.63) is 71.8 Å². The second kappa shape index (κ2) is 7.64. The van der Waals surface area contributed by atoms with E-state index in [2.05, 4.69) is 10.9 Å². The molecular formula is C22H26N2O4. The first-order valence-corrected chi connectivity index (χ1v) is 9.64. The molecule has 1 aliphatic heterocycles. The number of ether oxygens (including phenoxy) is 1. The van der Waals surface area contributed by atoms with Crippen molar-refractivity contribution in [3.8, 4) is 0 Å². The number of rotatable bonds is 4. The summed E-state index contributed by atoms with van der Waals surface area (Å²) in [5, 5.41) is 21.7. The van der Waals surface area contributed by atoms with Gasteiger partial charge in [-0.1, -0.05) is 60.7 Å². The van der Waals surface area contributed by atoms with Crippen molar-refractivity contribution < 1.29 is 19.7 Å². The van der Waals surface area contributed by atoms with Crippen molar-refractivity contribution in [2.45, 2.75) is 43.7 Å². The van der Waals surface area contributed by atoms with Gasteiger partial charge in [0, 0.05) is 17.9 Å². The minimum absolute atomic E-state index is 0.145. The fourth-order valence-electron chi connectivity index (χ4n) is 4.73. The lowest BCUT2D eigenvalue weighted by Crippen LogP contribution is -2.56. The van der Waals surface area contributed by atoms with E-state index in [0.29, 0.717) is 6.42 Å². The number of fused-ring (bicyclic) bond motifs is 1. The Morgan fingerprint density at radius 3 is 2.43 bits per heavy atom. The fourth-order valence-corrected chi connectivity index (χ4v) is 4.73. The van der Waals surface area contributed by atoms with Crippen LogP contribution in [0.15, 0.2) is 60.7 Å². The van der Waals surface area contributed by atoms with Crippen molar-refractivity contribution in [2.75, 3.05) is 0 Å². The number of carbonyl (C=O) groups is 1. The van der Waals surface area contributed by atoms with Crippen molar-refractivity contribution in [3.63, 3.8) is 0 Å². The molecule has 4 rings (SSSR count). The summed E-state index contributed by atoms with van der Waals surface area (Å²) in [5.41, 5.74) is 6.46. The van der Waals surface area contributed by atoms with E-state index in [9.17, 15) is 15.0 Å². The SMILES string of the molecule is CC1(O)CC2NNC(O)C2C(c2ccccc2)C1C(=O)OCc1ccccc1. The molecule has 2 aliphatic rings. The Hall–Kier alpha value is -2.25. The predicted molar refractivity (Wildman–Crippen MR) is 104 cm³/mol. The summed E-state index contributed by atoms with van der Waals surface area (Å²) in [6, 6.07) is 18.9. The zero-order valence-electron chi connectivity index (χ0n) is 15.8. The standard InChI is InChI=1S/C22H26N2O4/c1-22(27)12-16-18(20(25)24-23-16)17(15-10-6-3-7-11-15)19(22)21(26)28-13-14-8-4-2-5-9-14/h2-11,16-20,23-25,27H,12-13H2,1H3. The molecule has 0 aromatic heterocycles. The van der Waals surface area contributed by atoms with Crippen LogP contribution in [-0.2, 0) is 16.1 Å². The molecule has 1 saturated carbocycles. The zero-order valence-corrected chi connectivity index (χ0v) is 15.8. The molecule has 148 valence electrons. The monoisotopic (exact) mass is 382 g/mol. The lowest BCUT2D eigenvalue weighted by molar-refractivity contribution is -0.168. The molecule has 6 heteroatoms. The lowest BCUT2D eigenvalue weighted by atomic mass is 9.60. The van der Waals surface area contributed by atoms with E-state index in [-0.39, 0.29) is 24.5 Å². The zero-order chi connectivity index (χ0) is 19.7. The summed E-state index contributed by atoms with van der Waals surface area (Å²) in [6.07, 6.45) is -0.466. The molecule has 0 amide bonds. The Morgan fingerprint density at radius 2 is 1.75 bits per heavy atom. The fraction of sp³-hybridized carbons (Fsp3) is 0.409. The Labute approximate surface area is 164 Å². The van der Waals surface area contributed by atoms with E-state index in [4.69, 9.17) is 4.74 Å². The molecule has 1 heterocycles. The normalized spacial score (nSPS) is 34.6. The molecule has 2 aromatic carbocycles. The number of carbonyl (C=O) groups excluding carboxylic acids is 1. The molecule has 2 aromatic rings. The molecular weight excluding hydrogens is 356 g/mol. The number of aliphatic hydroxyl groups excluding tert-OH is 1. The quantitative estimate of drug-likeness (QED) is 0.602. The number of hydrogen-bond acceptors (Lipinski definition) is 6. The summed E-state index contributed by atoms with van der Waals surface area (Å²) in [4.78, 5) is 13.2. The molecule has 6 nitrogen and oxygen atoms in total. The van der Waals surface area contributed by atoms with Gasteiger partial charge >= 0.3 is 5.97 Å². The summed E-state index contributed by atoms with van der Waals surface area (Å²) in [6.45, 7) is 1.83. The molecule has 6 atom stereocenters. The molecule has 6 unspecified atom stereocenters. The van der Waals surface area contributed by atoms with Crippen LogP contribution >= 0.6 is 0 Å². The van der Waals surface area contributed by atoms with Crippen LogP contribution in [-0.4, -0.2) is 34.1 Å². The van der Waals surface area contributed by atoms with E-state index >= 15 is 0 Å². The van der Waals surface area contributed by atoms with Gasteiger partial charge in [-0.15, -0.1) is 0 Å². The number of esters is 1. The van der Waals surface area contributed by atoms with Crippen LogP contribution in [0.4, 0.5) is 0 Å². The summed E-state index contributed by atoms with van der Waals surface area (Å²) in [7, 11) is 0. The third-order valence-corrected chi connectivity index (χ3v) is 5.99. The van der Waals surface area contributed by atoms with Gasteiger partial charge in [-0.05, 0) is 24.5 Å². The van der Waals surface area contributed by atoms with E-state index < -0.39 is 23.7 Å². The maximum absolute atomic E-state index is 13.2. The van der Waals surface area contributed by atoms with Gasteiger partial charge in [-0.3, -0.25) is 10.2 Å². The van der Waals surface area contributed by atoms with Crippen molar-refractivity contribution in [1.82, 2.24) is 10.9 Å². The van der Waals surface area contributed by atoms with Gasteiger partial charge in [0.05, 0.1) is 11.5 Å². The first-order chi connectivity index (χ1) is 13.5. The second-order valence-corrected chi connectivity index (χ2v) is 7.99. The van der Waals surface area contributed by atoms with Crippen LogP contribution in [0.3, 0.4) is 0 Å². The van der Waals surface area contributed by atoms with E-state index in [1.807, 2.05) is 60.7 Å². The van der Waals surface area contributed by atoms with Crippen LogP contribution in [0, 0.1) is 11.8 Å². The van der Waals surface area contributed by atoms with Crippen molar-refractivity contribution >= 4 is 5.97 Å². The van der Waals surface area contributed by atoms with Crippen LogP contribution in [0.5, 0.6) is 0 Å². The highest BCUT2D eigenvalue weighted by Gasteiger charge is 2.58. The average molecular weight is 382 g/mol. The maximum Gasteiger partial charge on any atom is 0.312 e. The maximum atomic E-state index is 13.2. The van der Waals surface area contributed by atoms with Gasteiger partial charge < -0.3 is 14.9 Å². The summed E-state index contributed by atoms with van der Waals surface area (Å²) < 4.78 is 5.62.